The molecular weight excluding hydrogens is 384 g/mol. The number of nitrogens with zero attached hydrogens (tertiary/aromatic N) is 3. The van der Waals surface area contributed by atoms with E-state index in [1.165, 1.54) is 5.56 Å². The van der Waals surface area contributed by atoms with Gasteiger partial charge in [-0.1, -0.05) is 23.7 Å². The number of nitrogen functional groups attached to an aromatic ring is 1. The number of aromatic nitrogens is 3. The Morgan fingerprint density at radius 2 is 2.03 bits per heavy atom. The van der Waals surface area contributed by atoms with E-state index in [2.05, 4.69) is 45.0 Å². The van der Waals surface area contributed by atoms with Gasteiger partial charge in [0.05, 0.1) is 27.7 Å². The van der Waals surface area contributed by atoms with Gasteiger partial charge in [-0.2, -0.15) is 0 Å². The molecule has 0 saturated heterocycles. The Balaban J connectivity index is 1.30. The molecule has 0 spiro atoms. The number of aliphatic hydroxyl groups excluding tert-OH is 1. The van der Waals surface area contributed by atoms with Crippen LogP contribution in [-0.2, 0) is 6.42 Å². The monoisotopic (exact) mass is 406 g/mol. The molecule has 0 bridgehead atoms. The summed E-state index contributed by atoms with van der Waals surface area (Å²) >= 11 is 6.06. The van der Waals surface area contributed by atoms with Gasteiger partial charge < -0.3 is 15.4 Å². The molecule has 3 unspecified atom stereocenters. The third kappa shape index (κ3) is 3.45. The van der Waals surface area contributed by atoms with Gasteiger partial charge in [0.25, 0.3) is 0 Å². The van der Waals surface area contributed by atoms with Crippen LogP contribution in [0.4, 0.5) is 5.82 Å². The lowest BCUT2D eigenvalue weighted by Gasteiger charge is -2.15. The highest BCUT2D eigenvalue weighted by Gasteiger charge is 2.33. The van der Waals surface area contributed by atoms with E-state index < -0.39 is 0 Å². The van der Waals surface area contributed by atoms with Crippen molar-refractivity contribution in [3.8, 4) is 0 Å². The first-order valence-corrected chi connectivity index (χ1v) is 10.4. The van der Waals surface area contributed by atoms with Crippen molar-refractivity contribution in [1.82, 2.24) is 14.5 Å². The van der Waals surface area contributed by atoms with Crippen molar-refractivity contribution in [2.45, 2.75) is 37.8 Å². The molecule has 4 aromatic rings. The van der Waals surface area contributed by atoms with Crippen LogP contribution in [0.3, 0.4) is 0 Å². The quantitative estimate of drug-likeness (QED) is 0.512. The highest BCUT2D eigenvalue weighted by atomic mass is 35.5. The number of fused-ring (bicyclic) bond motifs is 2. The summed E-state index contributed by atoms with van der Waals surface area (Å²) in [5, 5.41) is 12.1. The van der Waals surface area contributed by atoms with Crippen LogP contribution in [0.1, 0.15) is 30.9 Å². The Morgan fingerprint density at radius 1 is 1.14 bits per heavy atom. The third-order valence-electron chi connectivity index (χ3n) is 6.18. The van der Waals surface area contributed by atoms with Crippen LogP contribution in [-0.4, -0.2) is 25.7 Å². The molecule has 1 fully saturated rings. The smallest absolute Gasteiger partial charge is 0.142 e. The van der Waals surface area contributed by atoms with E-state index in [4.69, 9.17) is 17.3 Å². The standard InChI is InChI=1S/C23H23ClN4O/c24-18-12-15-5-3-14(10-20(15)27-23(18)25)4-6-16-11-17(13-22(16)29)28-9-7-19-21(28)2-1-8-26-19/h1-3,5,7-10,12,16-17,22,29H,4,6,11,13H2,(H2,25,27). The molecule has 29 heavy (non-hydrogen) atoms. The van der Waals surface area contributed by atoms with Gasteiger partial charge in [-0.3, -0.25) is 4.98 Å². The summed E-state index contributed by atoms with van der Waals surface area (Å²) in [5.74, 6) is 0.645. The van der Waals surface area contributed by atoms with Crippen molar-refractivity contribution in [1.29, 1.82) is 0 Å². The second kappa shape index (κ2) is 7.32. The highest BCUT2D eigenvalue weighted by molar-refractivity contribution is 6.33. The van der Waals surface area contributed by atoms with E-state index in [0.29, 0.717) is 16.9 Å². The zero-order valence-corrected chi connectivity index (χ0v) is 16.8. The van der Waals surface area contributed by atoms with E-state index in [9.17, 15) is 5.11 Å². The summed E-state index contributed by atoms with van der Waals surface area (Å²) in [4.78, 5) is 8.81. The average molecular weight is 407 g/mol. The van der Waals surface area contributed by atoms with Crippen LogP contribution in [0.25, 0.3) is 21.9 Å². The molecule has 1 saturated carbocycles. The van der Waals surface area contributed by atoms with Gasteiger partial charge in [0.1, 0.15) is 5.82 Å². The van der Waals surface area contributed by atoms with Crippen molar-refractivity contribution in [2.75, 3.05) is 5.73 Å². The number of anilines is 1. The number of aryl methyl sites for hydroxylation is 1. The molecule has 148 valence electrons. The minimum absolute atomic E-state index is 0.276. The van der Waals surface area contributed by atoms with Gasteiger partial charge in [0, 0.05) is 23.8 Å². The van der Waals surface area contributed by atoms with E-state index in [0.717, 1.165) is 47.6 Å². The second-order valence-electron chi connectivity index (χ2n) is 8.00. The van der Waals surface area contributed by atoms with Gasteiger partial charge in [0.15, 0.2) is 0 Å². The number of hydrogen-bond acceptors (Lipinski definition) is 4. The lowest BCUT2D eigenvalue weighted by atomic mass is 9.96. The first-order chi connectivity index (χ1) is 14.1. The van der Waals surface area contributed by atoms with Gasteiger partial charge >= 0.3 is 0 Å². The summed E-state index contributed by atoms with van der Waals surface area (Å²) in [7, 11) is 0. The fourth-order valence-corrected chi connectivity index (χ4v) is 4.79. The zero-order chi connectivity index (χ0) is 20.0. The van der Waals surface area contributed by atoms with Crippen LogP contribution in [0, 0.1) is 5.92 Å². The zero-order valence-electron chi connectivity index (χ0n) is 16.0. The van der Waals surface area contributed by atoms with Crippen molar-refractivity contribution in [3.63, 3.8) is 0 Å². The lowest BCUT2D eigenvalue weighted by Crippen LogP contribution is -2.13. The maximum atomic E-state index is 10.7. The number of pyridine rings is 2. The van der Waals surface area contributed by atoms with Gasteiger partial charge in [-0.15, -0.1) is 0 Å². The molecule has 0 radical (unpaired) electrons. The molecule has 3 atom stereocenters. The van der Waals surface area contributed by atoms with E-state index in [1.807, 2.05) is 24.4 Å². The van der Waals surface area contributed by atoms with Crippen LogP contribution in [0.2, 0.25) is 5.02 Å². The molecular formula is C23H23ClN4O. The number of nitrogens with two attached hydrogens (primary N) is 1. The van der Waals surface area contributed by atoms with E-state index in [1.54, 1.807) is 0 Å². The first-order valence-electron chi connectivity index (χ1n) is 10.0. The summed E-state index contributed by atoms with van der Waals surface area (Å²) in [6, 6.07) is 14.5. The normalized spacial score (nSPS) is 21.9. The molecule has 5 nitrogen and oxygen atoms in total. The van der Waals surface area contributed by atoms with Crippen molar-refractivity contribution in [3.05, 3.63) is 65.4 Å². The summed E-state index contributed by atoms with van der Waals surface area (Å²) in [5.41, 5.74) is 10.1. The highest BCUT2D eigenvalue weighted by Crippen LogP contribution is 2.39. The van der Waals surface area contributed by atoms with Crippen molar-refractivity contribution < 1.29 is 5.11 Å². The Hall–Kier alpha value is -2.63. The Bertz CT molecular complexity index is 1190. The molecule has 1 aliphatic carbocycles. The van der Waals surface area contributed by atoms with Crippen LogP contribution >= 0.6 is 11.6 Å². The summed E-state index contributed by atoms with van der Waals surface area (Å²) < 4.78 is 2.28. The van der Waals surface area contributed by atoms with Crippen LogP contribution in [0.15, 0.2) is 54.9 Å². The SMILES string of the molecule is Nc1nc2cc(CCC3CC(n4ccc5ncccc54)CC3O)ccc2cc1Cl. The molecule has 0 amide bonds. The largest absolute Gasteiger partial charge is 0.393 e. The Labute approximate surface area is 174 Å². The van der Waals surface area contributed by atoms with Crippen LogP contribution in [0.5, 0.6) is 0 Å². The summed E-state index contributed by atoms with van der Waals surface area (Å²) in [6.07, 6.45) is 7.26. The minimum atomic E-state index is -0.276. The molecule has 1 aromatic carbocycles. The van der Waals surface area contributed by atoms with E-state index >= 15 is 0 Å². The first kappa shape index (κ1) is 18.4. The number of rotatable bonds is 4. The second-order valence-corrected chi connectivity index (χ2v) is 8.41. The van der Waals surface area contributed by atoms with Crippen molar-refractivity contribution >= 4 is 39.4 Å². The number of hydrogen-bond donors (Lipinski definition) is 2. The molecule has 3 N–H and O–H groups in total. The van der Waals surface area contributed by atoms with Gasteiger partial charge in [-0.25, -0.2) is 4.98 Å². The maximum absolute atomic E-state index is 10.7. The average Bonchev–Trinajstić information content (AvgIpc) is 3.30. The molecule has 3 heterocycles. The third-order valence-corrected chi connectivity index (χ3v) is 6.48. The number of aliphatic hydroxyl groups is 1. The molecule has 5 rings (SSSR count). The minimum Gasteiger partial charge on any atom is -0.393 e. The van der Waals surface area contributed by atoms with Gasteiger partial charge in [0.2, 0.25) is 0 Å². The molecule has 1 aliphatic rings. The number of halogens is 1. The number of benzene rings is 1. The molecule has 3 aromatic heterocycles. The fourth-order valence-electron chi connectivity index (χ4n) is 4.63. The Kier molecular flexibility index (Phi) is 4.64. The van der Waals surface area contributed by atoms with E-state index in [-0.39, 0.29) is 12.0 Å². The Morgan fingerprint density at radius 3 is 2.93 bits per heavy atom. The topological polar surface area (TPSA) is 77.0 Å². The lowest BCUT2D eigenvalue weighted by molar-refractivity contribution is 0.127. The molecule has 6 heteroatoms. The van der Waals surface area contributed by atoms with Gasteiger partial charge in [-0.05, 0) is 67.5 Å². The van der Waals surface area contributed by atoms with Crippen molar-refractivity contribution in [2.24, 2.45) is 5.92 Å². The predicted molar refractivity (Wildman–Crippen MR) is 117 cm³/mol. The van der Waals surface area contributed by atoms with Crippen LogP contribution < -0.4 is 5.73 Å². The maximum Gasteiger partial charge on any atom is 0.142 e. The predicted octanol–water partition coefficient (Wildman–Crippen LogP) is 4.76. The fraction of sp³-hybridized carbons (Fsp3) is 0.304. The summed E-state index contributed by atoms with van der Waals surface area (Å²) in [6.45, 7) is 0. The molecule has 0 aliphatic heterocycles.